The van der Waals surface area contributed by atoms with Crippen molar-refractivity contribution in [1.29, 1.82) is 0 Å². The van der Waals surface area contributed by atoms with Crippen LogP contribution in [0.25, 0.3) is 0 Å². The molecule has 0 radical (unpaired) electrons. The maximum absolute atomic E-state index is 12.8. The standard InChI is InChI=1S/C18H22N4O5S2/c19-28(24,25)16-3-5-17(6-4-16)29(26,27)22-10-7-15(8-11-22)18(23)21-13-14-2-1-9-20-12-14/h1-6,9,12,15H,7-8,10-11,13H2,(H,21,23)(H2,19,24,25). The van der Waals surface area contributed by atoms with Gasteiger partial charge in [0.25, 0.3) is 0 Å². The molecule has 2 heterocycles. The van der Waals surface area contributed by atoms with E-state index < -0.39 is 20.0 Å². The first-order chi connectivity index (χ1) is 13.7. The summed E-state index contributed by atoms with van der Waals surface area (Å²) in [4.78, 5) is 16.2. The molecule has 0 atom stereocenters. The Labute approximate surface area is 170 Å². The Morgan fingerprint density at radius 1 is 1.07 bits per heavy atom. The van der Waals surface area contributed by atoms with Gasteiger partial charge in [-0.15, -0.1) is 0 Å². The average molecular weight is 439 g/mol. The Morgan fingerprint density at radius 3 is 2.24 bits per heavy atom. The van der Waals surface area contributed by atoms with Gasteiger partial charge in [0, 0.05) is 37.9 Å². The van der Waals surface area contributed by atoms with Crippen molar-refractivity contribution in [2.45, 2.75) is 29.2 Å². The fourth-order valence-corrected chi connectivity index (χ4v) is 5.13. The summed E-state index contributed by atoms with van der Waals surface area (Å²) in [6.07, 6.45) is 4.15. The molecule has 9 nitrogen and oxygen atoms in total. The topological polar surface area (TPSA) is 140 Å². The molecule has 0 bridgehead atoms. The quantitative estimate of drug-likeness (QED) is 0.671. The zero-order valence-corrected chi connectivity index (χ0v) is 17.2. The normalized spacial score (nSPS) is 16.4. The second-order valence-corrected chi connectivity index (χ2v) is 10.3. The molecule has 2 aromatic rings. The summed E-state index contributed by atoms with van der Waals surface area (Å²) in [5.74, 6) is -0.369. The Hall–Kier alpha value is -2.34. The summed E-state index contributed by atoms with van der Waals surface area (Å²) in [5, 5.41) is 7.89. The Bertz CT molecular complexity index is 1060. The van der Waals surface area contributed by atoms with Gasteiger partial charge < -0.3 is 5.32 Å². The molecule has 11 heteroatoms. The molecule has 0 aliphatic carbocycles. The molecule has 3 rings (SSSR count). The van der Waals surface area contributed by atoms with Gasteiger partial charge in [-0.1, -0.05) is 6.07 Å². The highest BCUT2D eigenvalue weighted by molar-refractivity contribution is 7.89. The van der Waals surface area contributed by atoms with Gasteiger partial charge in [-0.3, -0.25) is 9.78 Å². The van der Waals surface area contributed by atoms with E-state index in [-0.39, 0.29) is 34.7 Å². The SMILES string of the molecule is NS(=O)(=O)c1ccc(S(=O)(=O)N2CCC(C(=O)NCc3cccnc3)CC2)cc1. The van der Waals surface area contributed by atoms with E-state index in [0.29, 0.717) is 19.4 Å². The smallest absolute Gasteiger partial charge is 0.243 e. The fourth-order valence-electron chi connectivity index (χ4n) is 3.14. The van der Waals surface area contributed by atoms with E-state index in [2.05, 4.69) is 10.3 Å². The minimum absolute atomic E-state index is 0.00983. The van der Waals surface area contributed by atoms with Gasteiger partial charge in [0.15, 0.2) is 0 Å². The molecule has 1 aromatic heterocycles. The number of sulfonamides is 2. The van der Waals surface area contributed by atoms with Crippen molar-refractivity contribution in [2.75, 3.05) is 13.1 Å². The van der Waals surface area contributed by atoms with E-state index >= 15 is 0 Å². The number of rotatable bonds is 6. The first-order valence-electron chi connectivity index (χ1n) is 8.97. The highest BCUT2D eigenvalue weighted by atomic mass is 32.2. The minimum atomic E-state index is -3.89. The molecule has 1 amide bonds. The van der Waals surface area contributed by atoms with E-state index in [1.165, 1.54) is 28.6 Å². The molecule has 0 unspecified atom stereocenters. The maximum Gasteiger partial charge on any atom is 0.243 e. The van der Waals surface area contributed by atoms with Gasteiger partial charge in [-0.05, 0) is 48.7 Å². The van der Waals surface area contributed by atoms with Crippen LogP contribution in [0.3, 0.4) is 0 Å². The average Bonchev–Trinajstić information content (AvgIpc) is 2.72. The van der Waals surface area contributed by atoms with Gasteiger partial charge in [0.2, 0.25) is 26.0 Å². The lowest BCUT2D eigenvalue weighted by Gasteiger charge is -2.30. The summed E-state index contributed by atoms with van der Waals surface area (Å²) < 4.78 is 49.5. The van der Waals surface area contributed by atoms with E-state index in [0.717, 1.165) is 5.56 Å². The number of hydrogen-bond donors (Lipinski definition) is 2. The van der Waals surface area contributed by atoms with E-state index in [9.17, 15) is 21.6 Å². The van der Waals surface area contributed by atoms with Crippen molar-refractivity contribution < 1.29 is 21.6 Å². The third-order valence-corrected chi connectivity index (χ3v) is 7.65. The van der Waals surface area contributed by atoms with Crippen LogP contribution in [0.4, 0.5) is 0 Å². The molecule has 3 N–H and O–H groups in total. The Balaban J connectivity index is 1.58. The van der Waals surface area contributed by atoms with E-state index in [1.54, 1.807) is 18.5 Å². The van der Waals surface area contributed by atoms with Crippen LogP contribution in [-0.4, -0.2) is 45.1 Å². The van der Waals surface area contributed by atoms with Crippen molar-refractivity contribution in [1.82, 2.24) is 14.6 Å². The number of amides is 1. The molecule has 1 saturated heterocycles. The summed E-state index contributed by atoms with van der Waals surface area (Å²) in [7, 11) is -7.66. The molecule has 1 fully saturated rings. The minimum Gasteiger partial charge on any atom is -0.352 e. The fraction of sp³-hybridized carbons (Fsp3) is 0.333. The third kappa shape index (κ3) is 5.18. The van der Waals surface area contributed by atoms with Crippen molar-refractivity contribution >= 4 is 26.0 Å². The van der Waals surface area contributed by atoms with Crippen LogP contribution in [0.15, 0.2) is 58.6 Å². The van der Waals surface area contributed by atoms with Crippen molar-refractivity contribution in [3.8, 4) is 0 Å². The van der Waals surface area contributed by atoms with Gasteiger partial charge in [-0.2, -0.15) is 4.31 Å². The third-order valence-electron chi connectivity index (χ3n) is 4.80. The Morgan fingerprint density at radius 2 is 1.69 bits per heavy atom. The first kappa shape index (κ1) is 21.4. The number of piperidine rings is 1. The van der Waals surface area contributed by atoms with Gasteiger partial charge in [-0.25, -0.2) is 22.0 Å². The number of carbonyl (C=O) groups is 1. The molecular formula is C18H22N4O5S2. The molecule has 1 aromatic carbocycles. The predicted octanol–water partition coefficient (Wildman–Crippen LogP) is 0.446. The van der Waals surface area contributed by atoms with Crippen LogP contribution < -0.4 is 10.5 Å². The zero-order valence-electron chi connectivity index (χ0n) is 15.6. The van der Waals surface area contributed by atoms with Crippen LogP contribution in [-0.2, 0) is 31.4 Å². The molecule has 1 aliphatic rings. The van der Waals surface area contributed by atoms with Gasteiger partial charge in [0.1, 0.15) is 0 Å². The Kier molecular flexibility index (Phi) is 6.32. The summed E-state index contributed by atoms with van der Waals surface area (Å²) in [5.41, 5.74) is 0.892. The maximum atomic E-state index is 12.8. The van der Waals surface area contributed by atoms with Crippen LogP contribution in [0.1, 0.15) is 18.4 Å². The van der Waals surface area contributed by atoms with Crippen LogP contribution in [0, 0.1) is 5.92 Å². The zero-order chi connectivity index (χ0) is 21.1. The highest BCUT2D eigenvalue weighted by Crippen LogP contribution is 2.24. The number of hydrogen-bond acceptors (Lipinski definition) is 6. The number of nitrogens with two attached hydrogens (primary N) is 1. The van der Waals surface area contributed by atoms with E-state index in [1.807, 2.05) is 6.07 Å². The monoisotopic (exact) mass is 438 g/mol. The number of pyridine rings is 1. The van der Waals surface area contributed by atoms with Gasteiger partial charge in [0.05, 0.1) is 9.79 Å². The van der Waals surface area contributed by atoms with Crippen LogP contribution in [0.5, 0.6) is 0 Å². The van der Waals surface area contributed by atoms with Gasteiger partial charge >= 0.3 is 0 Å². The second-order valence-electron chi connectivity index (χ2n) is 6.77. The van der Waals surface area contributed by atoms with Crippen LogP contribution >= 0.6 is 0 Å². The molecule has 0 saturated carbocycles. The van der Waals surface area contributed by atoms with Crippen molar-refractivity contribution in [2.24, 2.45) is 11.1 Å². The van der Waals surface area contributed by atoms with Crippen molar-refractivity contribution in [3.63, 3.8) is 0 Å². The largest absolute Gasteiger partial charge is 0.352 e. The number of primary sulfonamides is 1. The molecule has 29 heavy (non-hydrogen) atoms. The summed E-state index contributed by atoms with van der Waals surface area (Å²) in [6, 6.07) is 8.44. The predicted molar refractivity (Wildman–Crippen MR) is 105 cm³/mol. The molecule has 156 valence electrons. The molecular weight excluding hydrogens is 416 g/mol. The highest BCUT2D eigenvalue weighted by Gasteiger charge is 2.32. The number of nitrogens with one attached hydrogen (secondary N) is 1. The summed E-state index contributed by atoms with van der Waals surface area (Å²) in [6.45, 7) is 0.802. The lowest BCUT2D eigenvalue weighted by Crippen LogP contribution is -2.42. The number of carbonyl (C=O) groups excluding carboxylic acids is 1. The van der Waals surface area contributed by atoms with Crippen LogP contribution in [0.2, 0.25) is 0 Å². The number of benzene rings is 1. The number of nitrogens with zero attached hydrogens (tertiary/aromatic N) is 2. The lowest BCUT2D eigenvalue weighted by molar-refractivity contribution is -0.126. The van der Waals surface area contributed by atoms with E-state index in [4.69, 9.17) is 5.14 Å². The second kappa shape index (κ2) is 8.57. The number of aromatic nitrogens is 1. The molecule has 0 spiro atoms. The first-order valence-corrected chi connectivity index (χ1v) is 12.0. The summed E-state index contributed by atoms with van der Waals surface area (Å²) >= 11 is 0. The van der Waals surface area contributed by atoms with Crippen molar-refractivity contribution in [3.05, 3.63) is 54.4 Å². The lowest BCUT2D eigenvalue weighted by atomic mass is 9.97. The molecule has 1 aliphatic heterocycles.